The smallest absolute Gasteiger partial charge is 0.167 e. The first kappa shape index (κ1) is 15.2. The predicted octanol–water partition coefficient (Wildman–Crippen LogP) is -0.501. The fraction of sp³-hybridized carbons (Fsp3) is 0.571. The summed E-state index contributed by atoms with van der Waals surface area (Å²) in [7, 11) is 3.76. The zero-order valence-corrected chi connectivity index (χ0v) is 12.7. The Morgan fingerprint density at radius 2 is 2.14 bits per heavy atom. The van der Waals surface area contributed by atoms with E-state index in [-0.39, 0.29) is 6.61 Å². The molecule has 0 radical (unpaired) electrons. The molecule has 1 fully saturated rings. The van der Waals surface area contributed by atoms with E-state index in [1.54, 1.807) is 10.8 Å². The molecule has 22 heavy (non-hydrogen) atoms. The molecule has 120 valence electrons. The number of nitrogens with zero attached hydrogens (tertiary/aromatic N) is 4. The molecule has 2 aromatic heterocycles. The number of hydrogen-bond donors (Lipinski definition) is 3. The first-order valence-electron chi connectivity index (χ1n) is 7.03. The fourth-order valence-corrected chi connectivity index (χ4v) is 2.89. The Morgan fingerprint density at radius 3 is 2.73 bits per heavy atom. The third kappa shape index (κ3) is 2.07. The third-order valence-corrected chi connectivity index (χ3v) is 4.10. The van der Waals surface area contributed by atoms with Crippen molar-refractivity contribution >= 4 is 16.9 Å². The summed E-state index contributed by atoms with van der Waals surface area (Å²) in [5.41, 5.74) is -0.947. The lowest BCUT2D eigenvalue weighted by atomic mass is 9.96. The average molecular weight is 308 g/mol. The normalized spacial score (nSPS) is 31.8. The van der Waals surface area contributed by atoms with E-state index in [1.807, 2.05) is 25.1 Å². The molecular formula is C14H20N4O4. The maximum absolute atomic E-state index is 10.6. The highest BCUT2D eigenvalue weighted by atomic mass is 16.6. The number of hydrogen-bond acceptors (Lipinski definition) is 7. The lowest BCUT2D eigenvalue weighted by Crippen LogP contribution is -2.44. The molecule has 0 bridgehead atoms. The van der Waals surface area contributed by atoms with Gasteiger partial charge in [-0.15, -0.1) is 0 Å². The number of anilines is 1. The molecule has 1 aliphatic heterocycles. The van der Waals surface area contributed by atoms with Crippen LogP contribution in [-0.2, 0) is 4.74 Å². The van der Waals surface area contributed by atoms with Gasteiger partial charge in [0.05, 0.1) is 12.0 Å². The average Bonchev–Trinajstić information content (AvgIpc) is 2.99. The minimum Gasteiger partial charge on any atom is -0.394 e. The lowest BCUT2D eigenvalue weighted by molar-refractivity contribution is -0.0948. The van der Waals surface area contributed by atoms with E-state index in [9.17, 15) is 15.3 Å². The number of fused-ring (bicyclic) bond motifs is 1. The van der Waals surface area contributed by atoms with Gasteiger partial charge in [0.1, 0.15) is 35.6 Å². The van der Waals surface area contributed by atoms with Crippen LogP contribution in [0.4, 0.5) is 5.82 Å². The van der Waals surface area contributed by atoms with Crippen molar-refractivity contribution in [3.63, 3.8) is 0 Å². The molecule has 8 heteroatoms. The second kappa shape index (κ2) is 5.17. The summed E-state index contributed by atoms with van der Waals surface area (Å²) in [6.45, 7) is 1.11. The number of aromatic nitrogens is 3. The molecule has 1 unspecified atom stereocenters. The van der Waals surface area contributed by atoms with Gasteiger partial charge in [-0.05, 0) is 13.0 Å². The topological polar surface area (TPSA) is 104 Å². The molecule has 3 rings (SSSR count). The van der Waals surface area contributed by atoms with Gasteiger partial charge in [0.2, 0.25) is 0 Å². The molecule has 8 nitrogen and oxygen atoms in total. The molecule has 1 aliphatic rings. The first-order chi connectivity index (χ1) is 10.4. The number of aliphatic hydroxyl groups is 3. The van der Waals surface area contributed by atoms with Crippen LogP contribution in [0, 0.1) is 0 Å². The van der Waals surface area contributed by atoms with E-state index in [0.29, 0.717) is 5.65 Å². The molecule has 4 atom stereocenters. The Morgan fingerprint density at radius 1 is 1.41 bits per heavy atom. The second-order valence-corrected chi connectivity index (χ2v) is 5.93. The molecule has 0 saturated carbocycles. The second-order valence-electron chi connectivity index (χ2n) is 5.93. The van der Waals surface area contributed by atoms with Gasteiger partial charge in [-0.25, -0.2) is 9.97 Å². The molecule has 0 aliphatic carbocycles. The molecule has 3 heterocycles. The van der Waals surface area contributed by atoms with Crippen LogP contribution in [0.25, 0.3) is 11.0 Å². The highest BCUT2D eigenvalue weighted by Gasteiger charge is 2.53. The van der Waals surface area contributed by atoms with Crippen molar-refractivity contribution in [3.05, 3.63) is 18.6 Å². The highest BCUT2D eigenvalue weighted by Crippen LogP contribution is 2.40. The molecule has 1 saturated heterocycles. The molecule has 3 N–H and O–H groups in total. The molecule has 0 aromatic carbocycles. The SMILES string of the molecule is CN(C)c1ncnc2c1ccn2C1O[C@H](CO)[C@@H](O)[C@@]1(C)O. The van der Waals surface area contributed by atoms with Crippen LogP contribution in [-0.4, -0.2) is 68.4 Å². The minimum atomic E-state index is -1.54. The van der Waals surface area contributed by atoms with Crippen LogP contribution >= 0.6 is 0 Å². The van der Waals surface area contributed by atoms with Crippen LogP contribution in [0.3, 0.4) is 0 Å². The van der Waals surface area contributed by atoms with Gasteiger partial charge in [0.25, 0.3) is 0 Å². The van der Waals surface area contributed by atoms with Gasteiger partial charge in [-0.3, -0.25) is 0 Å². The van der Waals surface area contributed by atoms with Crippen molar-refractivity contribution in [2.45, 2.75) is 31.0 Å². The summed E-state index contributed by atoms with van der Waals surface area (Å²) in [4.78, 5) is 10.4. The van der Waals surface area contributed by atoms with E-state index in [1.165, 1.54) is 13.3 Å². The Hall–Kier alpha value is -1.74. The zero-order valence-electron chi connectivity index (χ0n) is 12.7. The summed E-state index contributed by atoms with van der Waals surface area (Å²) >= 11 is 0. The van der Waals surface area contributed by atoms with E-state index >= 15 is 0 Å². The van der Waals surface area contributed by atoms with E-state index in [4.69, 9.17) is 4.74 Å². The monoisotopic (exact) mass is 308 g/mol. The number of aliphatic hydroxyl groups excluding tert-OH is 2. The fourth-order valence-electron chi connectivity index (χ4n) is 2.89. The van der Waals surface area contributed by atoms with Gasteiger partial charge in [0.15, 0.2) is 6.23 Å². The van der Waals surface area contributed by atoms with Crippen molar-refractivity contribution in [2.24, 2.45) is 0 Å². The van der Waals surface area contributed by atoms with Crippen LogP contribution in [0.2, 0.25) is 0 Å². The maximum Gasteiger partial charge on any atom is 0.167 e. The van der Waals surface area contributed by atoms with Gasteiger partial charge < -0.3 is 29.5 Å². The standard InChI is InChI=1S/C14H20N4O4/c1-14(21)10(20)9(6-19)22-13(14)18-5-4-8-11(17(2)3)15-7-16-12(8)18/h4-5,7,9-10,13,19-21H,6H2,1-3H3/t9-,10-,13?,14-/m1/s1. The first-order valence-corrected chi connectivity index (χ1v) is 7.03. The number of rotatable bonds is 3. The predicted molar refractivity (Wildman–Crippen MR) is 79.5 cm³/mol. The molecule has 0 amide bonds. The Kier molecular flexibility index (Phi) is 3.56. The molecule has 0 spiro atoms. The van der Waals surface area contributed by atoms with E-state index in [0.717, 1.165) is 11.2 Å². The summed E-state index contributed by atoms with van der Waals surface area (Å²) in [5, 5.41) is 30.8. The third-order valence-electron chi connectivity index (χ3n) is 4.10. The van der Waals surface area contributed by atoms with Crippen LogP contribution in [0.1, 0.15) is 13.2 Å². The van der Waals surface area contributed by atoms with E-state index < -0.39 is 24.0 Å². The van der Waals surface area contributed by atoms with Gasteiger partial charge in [-0.1, -0.05) is 0 Å². The summed E-state index contributed by atoms with van der Waals surface area (Å²) in [6, 6.07) is 1.84. The van der Waals surface area contributed by atoms with Gasteiger partial charge in [0, 0.05) is 20.3 Å². The van der Waals surface area contributed by atoms with Crippen molar-refractivity contribution in [1.82, 2.24) is 14.5 Å². The van der Waals surface area contributed by atoms with Crippen molar-refractivity contribution in [2.75, 3.05) is 25.6 Å². The Balaban J connectivity index is 2.10. The van der Waals surface area contributed by atoms with Crippen molar-refractivity contribution in [1.29, 1.82) is 0 Å². The largest absolute Gasteiger partial charge is 0.394 e. The quantitative estimate of drug-likeness (QED) is 0.702. The van der Waals surface area contributed by atoms with Crippen LogP contribution in [0.5, 0.6) is 0 Å². The summed E-state index contributed by atoms with van der Waals surface area (Å²) in [6.07, 6.45) is 0.306. The Bertz CT molecular complexity index is 685. The summed E-state index contributed by atoms with van der Waals surface area (Å²) < 4.78 is 7.29. The number of ether oxygens (including phenoxy) is 1. The zero-order chi connectivity index (χ0) is 16.1. The van der Waals surface area contributed by atoms with Gasteiger partial charge in [-0.2, -0.15) is 0 Å². The Labute approximate surface area is 127 Å². The molecule has 2 aromatic rings. The minimum absolute atomic E-state index is 0.370. The van der Waals surface area contributed by atoms with Crippen LogP contribution < -0.4 is 4.90 Å². The van der Waals surface area contributed by atoms with Crippen molar-refractivity contribution in [3.8, 4) is 0 Å². The van der Waals surface area contributed by atoms with E-state index in [2.05, 4.69) is 9.97 Å². The van der Waals surface area contributed by atoms with Crippen LogP contribution in [0.15, 0.2) is 18.6 Å². The summed E-state index contributed by atoms with van der Waals surface area (Å²) in [5.74, 6) is 0.751. The van der Waals surface area contributed by atoms with Gasteiger partial charge >= 0.3 is 0 Å². The molecular weight excluding hydrogens is 288 g/mol. The highest BCUT2D eigenvalue weighted by molar-refractivity contribution is 5.87. The maximum atomic E-state index is 10.6. The lowest BCUT2D eigenvalue weighted by Gasteiger charge is -2.27. The van der Waals surface area contributed by atoms with Crippen molar-refractivity contribution < 1.29 is 20.1 Å².